The van der Waals surface area contributed by atoms with Crippen molar-refractivity contribution in [3.63, 3.8) is 0 Å². The molecule has 1 aromatic heterocycles. The van der Waals surface area contributed by atoms with E-state index in [1.165, 1.54) is 17.0 Å². The fourth-order valence-corrected chi connectivity index (χ4v) is 3.30. The van der Waals surface area contributed by atoms with Crippen LogP contribution in [0.3, 0.4) is 0 Å². The maximum atomic E-state index is 13.1. The Morgan fingerprint density at radius 3 is 2.21 bits per heavy atom. The predicted octanol–water partition coefficient (Wildman–Crippen LogP) is 4.43. The number of hydrogen-bond acceptors (Lipinski definition) is 4. The Labute approximate surface area is 183 Å². The van der Waals surface area contributed by atoms with Gasteiger partial charge in [0.1, 0.15) is 5.75 Å². The van der Waals surface area contributed by atoms with E-state index in [0.29, 0.717) is 12.8 Å². The van der Waals surface area contributed by atoms with Crippen molar-refractivity contribution in [3.8, 4) is 5.75 Å². The zero-order valence-corrected chi connectivity index (χ0v) is 16.8. The van der Waals surface area contributed by atoms with Gasteiger partial charge in [0, 0.05) is 37.2 Å². The van der Waals surface area contributed by atoms with Gasteiger partial charge in [-0.2, -0.15) is 13.2 Å². The molecule has 1 saturated heterocycles. The second-order valence-corrected chi connectivity index (χ2v) is 7.16. The summed E-state index contributed by atoms with van der Waals surface area (Å²) in [5.41, 5.74) is -1.37. The number of nitrogens with one attached hydrogen (secondary N) is 2. The van der Waals surface area contributed by atoms with Crippen LogP contribution >= 0.6 is 0 Å². The first-order valence-electron chi connectivity index (χ1n) is 9.66. The molecule has 0 spiro atoms. The molecule has 1 aromatic carbocycles. The number of benzene rings is 1. The minimum Gasteiger partial charge on any atom is -0.406 e. The van der Waals surface area contributed by atoms with Crippen LogP contribution in [-0.4, -0.2) is 47.3 Å². The molecule has 1 aliphatic heterocycles. The Balaban J connectivity index is 1.51. The second-order valence-electron chi connectivity index (χ2n) is 7.16. The molecule has 2 aromatic rings. The summed E-state index contributed by atoms with van der Waals surface area (Å²) in [4.78, 5) is 29.6. The Morgan fingerprint density at radius 2 is 1.64 bits per heavy atom. The normalized spacial score (nSPS) is 15.2. The summed E-state index contributed by atoms with van der Waals surface area (Å²) in [5.74, 6) is -1.23. The number of alkyl halides is 6. The fourth-order valence-electron chi connectivity index (χ4n) is 3.30. The predicted molar refractivity (Wildman–Crippen MR) is 103 cm³/mol. The Hall–Kier alpha value is -3.51. The molecule has 0 radical (unpaired) electrons. The molecule has 1 fully saturated rings. The van der Waals surface area contributed by atoms with Crippen LogP contribution in [0.4, 0.5) is 36.8 Å². The number of rotatable bonds is 4. The van der Waals surface area contributed by atoms with E-state index in [4.69, 9.17) is 0 Å². The van der Waals surface area contributed by atoms with Gasteiger partial charge < -0.3 is 20.3 Å². The molecule has 0 atom stereocenters. The highest BCUT2D eigenvalue weighted by Crippen LogP contribution is 2.32. The molecule has 2 N–H and O–H groups in total. The molecule has 13 heteroatoms. The number of amides is 3. The molecule has 0 bridgehead atoms. The van der Waals surface area contributed by atoms with E-state index in [2.05, 4.69) is 20.4 Å². The van der Waals surface area contributed by atoms with Crippen LogP contribution in [0.5, 0.6) is 5.75 Å². The van der Waals surface area contributed by atoms with Crippen LogP contribution in [0, 0.1) is 0 Å². The maximum Gasteiger partial charge on any atom is 0.573 e. The molecule has 3 amide bonds. The molecule has 3 rings (SSSR count). The van der Waals surface area contributed by atoms with Gasteiger partial charge in [-0.3, -0.25) is 9.78 Å². The van der Waals surface area contributed by atoms with Crippen molar-refractivity contribution < 1.29 is 40.7 Å². The first-order valence-corrected chi connectivity index (χ1v) is 9.66. The topological polar surface area (TPSA) is 83.6 Å². The quantitative estimate of drug-likeness (QED) is 0.640. The van der Waals surface area contributed by atoms with E-state index in [9.17, 15) is 35.9 Å². The number of urea groups is 1. The molecule has 0 saturated carbocycles. The van der Waals surface area contributed by atoms with Gasteiger partial charge in [0.05, 0.1) is 11.1 Å². The average molecular weight is 476 g/mol. The third-order valence-corrected chi connectivity index (χ3v) is 4.82. The monoisotopic (exact) mass is 476 g/mol. The second kappa shape index (κ2) is 9.55. The molecular formula is C20H18F6N4O3. The molecule has 1 aliphatic rings. The van der Waals surface area contributed by atoms with E-state index < -0.39 is 41.4 Å². The highest BCUT2D eigenvalue weighted by molar-refractivity contribution is 5.95. The van der Waals surface area contributed by atoms with Crippen molar-refractivity contribution in [2.45, 2.75) is 31.4 Å². The van der Waals surface area contributed by atoms with Gasteiger partial charge in [0.15, 0.2) is 0 Å². The maximum absolute atomic E-state index is 13.1. The molecule has 33 heavy (non-hydrogen) atoms. The van der Waals surface area contributed by atoms with Crippen molar-refractivity contribution in [1.82, 2.24) is 15.2 Å². The van der Waals surface area contributed by atoms with Crippen LogP contribution in [0.1, 0.15) is 28.8 Å². The van der Waals surface area contributed by atoms with Crippen molar-refractivity contribution in [3.05, 3.63) is 53.9 Å². The Kier molecular flexibility index (Phi) is 6.98. The summed E-state index contributed by atoms with van der Waals surface area (Å²) in [7, 11) is 0. The summed E-state index contributed by atoms with van der Waals surface area (Å²) in [6.07, 6.45) is -7.06. The van der Waals surface area contributed by atoms with E-state index in [0.717, 1.165) is 30.6 Å². The number of carbonyl (C=O) groups excluding carboxylic acids is 2. The van der Waals surface area contributed by atoms with Gasteiger partial charge in [0.25, 0.3) is 5.91 Å². The van der Waals surface area contributed by atoms with Crippen LogP contribution in [0.2, 0.25) is 0 Å². The van der Waals surface area contributed by atoms with Gasteiger partial charge in [-0.15, -0.1) is 13.2 Å². The van der Waals surface area contributed by atoms with Crippen molar-refractivity contribution >= 4 is 17.6 Å². The minimum absolute atomic E-state index is 0.124. The smallest absolute Gasteiger partial charge is 0.406 e. The number of aromatic nitrogens is 1. The molecule has 7 nitrogen and oxygen atoms in total. The SMILES string of the molecule is O=C(Nc1ccc(OC(F)(F)F)cc1)NC1CCN(C(=O)c2cnccc2C(F)(F)F)CC1. The molecule has 0 unspecified atom stereocenters. The third-order valence-electron chi connectivity index (χ3n) is 4.82. The standard InChI is InChI=1S/C20H18F6N4O3/c21-19(22,23)16-5-8-27-11-15(16)17(31)30-9-6-13(7-10-30)29-18(32)28-12-1-3-14(4-2-12)33-20(24,25)26/h1-5,8,11,13H,6-7,9-10H2,(H2,28,29,32). The number of halogens is 6. The lowest BCUT2D eigenvalue weighted by molar-refractivity contribution is -0.274. The van der Waals surface area contributed by atoms with Crippen LogP contribution in [0.15, 0.2) is 42.7 Å². The summed E-state index contributed by atoms with van der Waals surface area (Å²) in [6.45, 7) is 0.249. The molecular weight excluding hydrogens is 458 g/mol. The number of piperidine rings is 1. The minimum atomic E-state index is -4.83. The lowest BCUT2D eigenvalue weighted by atomic mass is 10.0. The first kappa shape index (κ1) is 24.1. The van der Waals surface area contributed by atoms with Crippen molar-refractivity contribution in [2.24, 2.45) is 0 Å². The van der Waals surface area contributed by atoms with Gasteiger partial charge in [0.2, 0.25) is 0 Å². The summed E-state index contributed by atoms with van der Waals surface area (Å²) in [6, 6.07) is 4.33. The number of anilines is 1. The van der Waals surface area contributed by atoms with Crippen LogP contribution in [0.25, 0.3) is 0 Å². The highest BCUT2D eigenvalue weighted by Gasteiger charge is 2.37. The molecule has 0 aliphatic carbocycles. The number of pyridine rings is 1. The van der Waals surface area contributed by atoms with Gasteiger partial charge in [-0.05, 0) is 43.2 Å². The number of nitrogens with zero attached hydrogens (tertiary/aromatic N) is 2. The van der Waals surface area contributed by atoms with Crippen molar-refractivity contribution in [2.75, 3.05) is 18.4 Å². The molecule has 2 heterocycles. The van der Waals surface area contributed by atoms with Crippen molar-refractivity contribution in [1.29, 1.82) is 0 Å². The zero-order chi connectivity index (χ0) is 24.2. The van der Waals surface area contributed by atoms with E-state index in [1.54, 1.807) is 0 Å². The third kappa shape index (κ3) is 6.73. The Morgan fingerprint density at radius 1 is 1.00 bits per heavy atom. The van der Waals surface area contributed by atoms with E-state index >= 15 is 0 Å². The largest absolute Gasteiger partial charge is 0.573 e. The highest BCUT2D eigenvalue weighted by atomic mass is 19.4. The van der Waals surface area contributed by atoms with Crippen LogP contribution < -0.4 is 15.4 Å². The Bertz CT molecular complexity index is 987. The summed E-state index contributed by atoms with van der Waals surface area (Å²) < 4.78 is 79.7. The van der Waals surface area contributed by atoms with Crippen LogP contribution in [-0.2, 0) is 6.18 Å². The van der Waals surface area contributed by atoms with E-state index in [-0.39, 0.29) is 24.8 Å². The van der Waals surface area contributed by atoms with E-state index in [1.807, 2.05) is 0 Å². The summed E-state index contributed by atoms with van der Waals surface area (Å²) in [5, 5.41) is 5.13. The zero-order valence-electron chi connectivity index (χ0n) is 16.8. The van der Waals surface area contributed by atoms with Gasteiger partial charge >= 0.3 is 18.6 Å². The molecule has 178 valence electrons. The average Bonchev–Trinajstić information content (AvgIpc) is 2.73. The lowest BCUT2D eigenvalue weighted by Crippen LogP contribution is -2.47. The number of carbonyl (C=O) groups is 2. The summed E-state index contributed by atoms with van der Waals surface area (Å²) >= 11 is 0. The lowest BCUT2D eigenvalue weighted by Gasteiger charge is -2.32. The number of ether oxygens (including phenoxy) is 1. The number of hydrogen-bond donors (Lipinski definition) is 2. The first-order chi connectivity index (χ1) is 15.4. The fraction of sp³-hybridized carbons (Fsp3) is 0.350. The van der Waals surface area contributed by atoms with Gasteiger partial charge in [-0.1, -0.05) is 0 Å². The van der Waals surface area contributed by atoms with Gasteiger partial charge in [-0.25, -0.2) is 4.79 Å². The number of likely N-dealkylation sites (tertiary alicyclic amines) is 1.